The van der Waals surface area contributed by atoms with E-state index in [1.165, 1.54) is 25.7 Å². The molecule has 36 heavy (non-hydrogen) atoms. The van der Waals surface area contributed by atoms with Crippen molar-refractivity contribution in [2.75, 3.05) is 19.7 Å². The normalized spacial score (nSPS) is 31.2. The minimum Gasteiger partial charge on any atom is -0.501 e. The van der Waals surface area contributed by atoms with Gasteiger partial charge in [-0.2, -0.15) is 4.31 Å². The van der Waals surface area contributed by atoms with Crippen LogP contribution in [0.1, 0.15) is 76.2 Å². The van der Waals surface area contributed by atoms with Crippen LogP contribution >= 0.6 is 0 Å². The number of nitrogens with zero attached hydrogens (tertiary/aromatic N) is 1. The Hall–Kier alpha value is -1.92. The van der Waals surface area contributed by atoms with Gasteiger partial charge in [0.15, 0.2) is 0 Å². The topological polar surface area (TPSA) is 63.7 Å². The quantitative estimate of drug-likeness (QED) is 0.437. The fourth-order valence-corrected chi connectivity index (χ4v) is 8.03. The third kappa shape index (κ3) is 5.96. The number of carbonyl (C=O) groups is 1. The number of ketones is 1. The number of Topliss-reactive ketones (excluding diaryl/α,β-unsaturated/α-hetero) is 1. The van der Waals surface area contributed by atoms with Gasteiger partial charge in [-0.05, 0) is 56.7 Å². The van der Waals surface area contributed by atoms with Gasteiger partial charge >= 0.3 is 0 Å². The van der Waals surface area contributed by atoms with Crippen molar-refractivity contribution in [3.63, 3.8) is 0 Å². The molecule has 0 unspecified atom stereocenters. The highest BCUT2D eigenvalue weighted by Crippen LogP contribution is 2.51. The van der Waals surface area contributed by atoms with Crippen LogP contribution in [0.4, 0.5) is 0 Å². The second-order valence-corrected chi connectivity index (χ2v) is 13.1. The van der Waals surface area contributed by atoms with E-state index in [2.05, 4.69) is 6.58 Å². The minimum atomic E-state index is -3.63. The Morgan fingerprint density at radius 2 is 1.67 bits per heavy atom. The van der Waals surface area contributed by atoms with Crippen LogP contribution in [0.2, 0.25) is 0 Å². The molecule has 0 radical (unpaired) electrons. The molecule has 4 aliphatic rings. The Morgan fingerprint density at radius 1 is 1.00 bits per heavy atom. The van der Waals surface area contributed by atoms with Gasteiger partial charge in [0.05, 0.1) is 17.8 Å². The molecule has 2 bridgehead atoms. The van der Waals surface area contributed by atoms with Crippen LogP contribution in [0, 0.1) is 30.1 Å². The van der Waals surface area contributed by atoms with E-state index >= 15 is 0 Å². The van der Waals surface area contributed by atoms with Crippen molar-refractivity contribution in [2.45, 2.75) is 82.4 Å². The van der Waals surface area contributed by atoms with Crippen molar-refractivity contribution < 1.29 is 17.9 Å². The van der Waals surface area contributed by atoms with E-state index in [1.54, 1.807) is 22.7 Å². The Kier molecular flexibility index (Phi) is 9.10. The first-order valence-corrected chi connectivity index (χ1v) is 15.3. The number of hydrogen-bond donors (Lipinski definition) is 0. The maximum Gasteiger partial charge on any atom is 0.243 e. The molecule has 1 aromatic rings. The third-order valence-electron chi connectivity index (χ3n) is 8.71. The summed E-state index contributed by atoms with van der Waals surface area (Å²) in [5.74, 6) is -0.0776. The molecule has 5 nitrogen and oxygen atoms in total. The molecule has 0 amide bonds. The van der Waals surface area contributed by atoms with E-state index in [9.17, 15) is 13.2 Å². The number of rotatable bonds is 3. The average molecular weight is 514 g/mol. The SMILES string of the molecule is C=C[C@H]1C[C@]23CCCCCCCCCCN(S(=O)(=O)c4ccc(C)cc4)CC[C@H]1C(=O)[C@@H]2C=COC3. The van der Waals surface area contributed by atoms with Crippen LogP contribution in [0.3, 0.4) is 0 Å². The van der Waals surface area contributed by atoms with Crippen molar-refractivity contribution in [3.05, 3.63) is 54.8 Å². The molecule has 0 aromatic heterocycles. The van der Waals surface area contributed by atoms with Crippen LogP contribution < -0.4 is 0 Å². The first kappa shape index (κ1) is 27.1. The van der Waals surface area contributed by atoms with Gasteiger partial charge in [0.1, 0.15) is 5.78 Å². The number of carbonyl (C=O) groups excluding carboxylic acids is 1. The Bertz CT molecular complexity index is 1030. The molecule has 1 aromatic carbocycles. The van der Waals surface area contributed by atoms with Crippen LogP contribution in [-0.2, 0) is 19.6 Å². The fraction of sp³-hybridized carbons (Fsp3) is 0.633. The van der Waals surface area contributed by atoms with E-state index in [1.807, 2.05) is 31.2 Å². The van der Waals surface area contributed by atoms with Gasteiger partial charge in [0, 0.05) is 30.3 Å². The number of hydrogen-bond acceptors (Lipinski definition) is 4. The molecule has 6 heteroatoms. The molecule has 0 N–H and O–H groups in total. The summed E-state index contributed by atoms with van der Waals surface area (Å²) < 4.78 is 34.7. The molecule has 3 fully saturated rings. The van der Waals surface area contributed by atoms with Gasteiger partial charge in [-0.15, -0.1) is 6.58 Å². The van der Waals surface area contributed by atoms with Crippen LogP contribution in [0.25, 0.3) is 0 Å². The zero-order valence-electron chi connectivity index (χ0n) is 21.9. The summed E-state index contributed by atoms with van der Waals surface area (Å²) in [4.78, 5) is 14.2. The molecule has 198 valence electrons. The molecule has 1 aliphatic carbocycles. The van der Waals surface area contributed by atoms with Crippen LogP contribution in [0.5, 0.6) is 0 Å². The molecule has 4 atom stereocenters. The highest BCUT2D eigenvalue weighted by molar-refractivity contribution is 7.89. The third-order valence-corrected chi connectivity index (χ3v) is 10.6. The standard InChI is InChI=1S/C30H43NO4S/c1-3-25-22-30-18-10-8-6-4-5-7-9-11-19-31(36(33,34)26-14-12-24(2)13-15-26)20-16-27(25)29(32)28(30)17-21-35-23-30/h3,12-15,17,21,25,27-28H,1,4-11,16,18-20,22-23H2,2H3/t25-,27+,28-,30-/m0/s1. The van der Waals surface area contributed by atoms with Crippen molar-refractivity contribution in [1.29, 1.82) is 0 Å². The van der Waals surface area contributed by atoms with Crippen molar-refractivity contribution in [2.24, 2.45) is 23.2 Å². The van der Waals surface area contributed by atoms with Gasteiger partial charge in [-0.3, -0.25) is 4.79 Å². The molecule has 5 rings (SSSR count). The molecule has 2 saturated heterocycles. The summed E-state index contributed by atoms with van der Waals surface area (Å²) in [5.41, 5.74) is 0.871. The monoisotopic (exact) mass is 513 g/mol. The lowest BCUT2D eigenvalue weighted by molar-refractivity contribution is -0.140. The molecule has 3 aliphatic heterocycles. The van der Waals surface area contributed by atoms with E-state index < -0.39 is 10.0 Å². The van der Waals surface area contributed by atoms with E-state index in [0.717, 1.165) is 44.1 Å². The molecule has 1 spiro atoms. The predicted molar refractivity (Wildman–Crippen MR) is 144 cm³/mol. The molecule has 3 heterocycles. The summed E-state index contributed by atoms with van der Waals surface area (Å²) in [6, 6.07) is 7.10. The van der Waals surface area contributed by atoms with Crippen LogP contribution in [-0.4, -0.2) is 38.2 Å². The predicted octanol–water partition coefficient (Wildman–Crippen LogP) is 6.44. The van der Waals surface area contributed by atoms with Gasteiger partial charge in [-0.1, -0.05) is 68.7 Å². The van der Waals surface area contributed by atoms with E-state index in [-0.39, 0.29) is 29.0 Å². The number of benzene rings is 1. The fourth-order valence-electron chi connectivity index (χ4n) is 6.53. The number of aryl methyl sites for hydroxylation is 1. The Morgan fingerprint density at radius 3 is 2.36 bits per heavy atom. The highest BCUT2D eigenvalue weighted by Gasteiger charge is 2.52. The maximum atomic E-state index is 13.9. The summed E-state index contributed by atoms with van der Waals surface area (Å²) in [7, 11) is -3.63. The number of sulfonamides is 1. The lowest BCUT2D eigenvalue weighted by Crippen LogP contribution is -2.51. The summed E-state index contributed by atoms with van der Waals surface area (Å²) in [6.45, 7) is 7.50. The summed E-state index contributed by atoms with van der Waals surface area (Å²) >= 11 is 0. The van der Waals surface area contributed by atoms with Crippen molar-refractivity contribution >= 4 is 15.8 Å². The second-order valence-electron chi connectivity index (χ2n) is 11.2. The van der Waals surface area contributed by atoms with Crippen molar-refractivity contribution in [3.8, 4) is 0 Å². The zero-order valence-corrected chi connectivity index (χ0v) is 22.7. The first-order chi connectivity index (χ1) is 17.4. The van der Waals surface area contributed by atoms with Crippen molar-refractivity contribution in [1.82, 2.24) is 4.31 Å². The largest absolute Gasteiger partial charge is 0.501 e. The van der Waals surface area contributed by atoms with E-state index in [0.29, 0.717) is 31.0 Å². The molecular formula is C30H43NO4S. The lowest BCUT2D eigenvalue weighted by Gasteiger charge is -2.49. The highest BCUT2D eigenvalue weighted by atomic mass is 32.2. The maximum absolute atomic E-state index is 13.9. The number of allylic oxidation sites excluding steroid dienone is 2. The smallest absolute Gasteiger partial charge is 0.243 e. The van der Waals surface area contributed by atoms with Gasteiger partial charge in [0.2, 0.25) is 10.0 Å². The van der Waals surface area contributed by atoms with E-state index in [4.69, 9.17) is 4.74 Å². The zero-order chi connectivity index (χ0) is 25.6. The minimum absolute atomic E-state index is 0.0449. The Labute approximate surface area is 218 Å². The number of ether oxygens (including phenoxy) is 1. The van der Waals surface area contributed by atoms with Crippen LogP contribution in [0.15, 0.2) is 54.2 Å². The Balaban J connectivity index is 1.61. The summed E-state index contributed by atoms with van der Waals surface area (Å²) in [5, 5.41) is 0. The first-order valence-electron chi connectivity index (χ1n) is 13.9. The average Bonchev–Trinajstić information content (AvgIpc) is 2.87. The lowest BCUT2D eigenvalue weighted by atomic mass is 9.56. The summed E-state index contributed by atoms with van der Waals surface area (Å²) in [6.07, 6.45) is 17.0. The molecule has 1 saturated carbocycles. The second kappa shape index (κ2) is 12.1. The van der Waals surface area contributed by atoms with Gasteiger partial charge in [0.25, 0.3) is 0 Å². The molecular weight excluding hydrogens is 470 g/mol. The van der Waals surface area contributed by atoms with Gasteiger partial charge in [-0.25, -0.2) is 8.42 Å². The number of fused-ring (bicyclic) bond motifs is 13. The van der Waals surface area contributed by atoms with Gasteiger partial charge < -0.3 is 4.74 Å².